The number of carbonyl (C=O) groups is 1. The van der Waals surface area contributed by atoms with Gasteiger partial charge < -0.3 is 14.6 Å². The van der Waals surface area contributed by atoms with Crippen LogP contribution in [-0.2, 0) is 11.3 Å². The van der Waals surface area contributed by atoms with Gasteiger partial charge in [-0.05, 0) is 37.5 Å². The highest BCUT2D eigenvalue weighted by Crippen LogP contribution is 2.39. The summed E-state index contributed by atoms with van der Waals surface area (Å²) in [5.74, 6) is 0.361. The molecule has 2 aromatic rings. The molecule has 1 saturated heterocycles. The van der Waals surface area contributed by atoms with E-state index in [4.69, 9.17) is 11.6 Å². The number of likely N-dealkylation sites (tertiary alicyclic amines) is 1. The molecule has 4 nitrogen and oxygen atoms in total. The van der Waals surface area contributed by atoms with Crippen LogP contribution in [0, 0.1) is 5.92 Å². The number of hydrogen-bond acceptors (Lipinski definition) is 2. The fraction of sp³-hybridized carbons (Fsp3) is 0.526. The van der Waals surface area contributed by atoms with Crippen molar-refractivity contribution in [3.63, 3.8) is 0 Å². The molecular weight excluding hydrogens is 324 g/mol. The SMILES string of the molecule is O=C(Cn1ccc2c(Cl)cccc21)N1CC[C@@]2(O)CCCC[C@H]2C1. The maximum absolute atomic E-state index is 12.8. The van der Waals surface area contributed by atoms with Gasteiger partial charge in [0.05, 0.1) is 5.60 Å². The standard InChI is InChI=1S/C19H23ClN2O2/c20-16-5-3-6-17-15(16)7-10-21(17)13-18(23)22-11-9-19(24)8-2-1-4-14(19)12-22/h3,5-7,10,14,24H,1-2,4,8-9,11-13H2/t14-,19-/m0/s1. The number of aromatic nitrogens is 1. The van der Waals surface area contributed by atoms with Crippen molar-refractivity contribution >= 4 is 28.4 Å². The monoisotopic (exact) mass is 346 g/mol. The Bertz CT molecular complexity index is 772. The Hall–Kier alpha value is -1.52. The van der Waals surface area contributed by atoms with Crippen molar-refractivity contribution in [2.24, 2.45) is 5.92 Å². The van der Waals surface area contributed by atoms with Gasteiger partial charge in [-0.25, -0.2) is 0 Å². The summed E-state index contributed by atoms with van der Waals surface area (Å²) in [7, 11) is 0. The second kappa shape index (κ2) is 6.08. The van der Waals surface area contributed by atoms with Crippen LogP contribution in [0.5, 0.6) is 0 Å². The van der Waals surface area contributed by atoms with Crippen LogP contribution in [0.3, 0.4) is 0 Å². The van der Waals surface area contributed by atoms with E-state index in [0.29, 0.717) is 31.1 Å². The highest BCUT2D eigenvalue weighted by molar-refractivity contribution is 6.35. The van der Waals surface area contributed by atoms with Crippen LogP contribution in [0.1, 0.15) is 32.1 Å². The average molecular weight is 347 g/mol. The third-order valence-corrected chi connectivity index (χ3v) is 6.18. The zero-order chi connectivity index (χ0) is 16.7. The molecule has 5 heteroatoms. The summed E-state index contributed by atoms with van der Waals surface area (Å²) < 4.78 is 1.96. The molecular formula is C19H23ClN2O2. The van der Waals surface area contributed by atoms with Gasteiger partial charge in [-0.15, -0.1) is 0 Å². The molecule has 4 rings (SSSR count). The van der Waals surface area contributed by atoms with E-state index >= 15 is 0 Å². The van der Waals surface area contributed by atoms with Gasteiger partial charge in [0, 0.05) is 41.1 Å². The summed E-state index contributed by atoms with van der Waals surface area (Å²) >= 11 is 6.21. The first-order chi connectivity index (χ1) is 11.6. The normalized spacial score (nSPS) is 27.2. The molecule has 0 spiro atoms. The van der Waals surface area contributed by atoms with E-state index in [9.17, 15) is 9.90 Å². The first kappa shape index (κ1) is 16.0. The Balaban J connectivity index is 1.49. The number of fused-ring (bicyclic) bond motifs is 2. The maximum Gasteiger partial charge on any atom is 0.242 e. The molecule has 0 bridgehead atoms. The molecule has 1 aliphatic carbocycles. The number of nitrogens with zero attached hydrogens (tertiary/aromatic N) is 2. The van der Waals surface area contributed by atoms with Crippen molar-refractivity contribution in [1.82, 2.24) is 9.47 Å². The second-order valence-corrected chi connectivity index (χ2v) is 7.66. The molecule has 2 atom stereocenters. The Labute approximate surface area is 147 Å². The molecule has 1 N–H and O–H groups in total. The number of carbonyl (C=O) groups excluding carboxylic acids is 1. The first-order valence-corrected chi connectivity index (χ1v) is 9.18. The summed E-state index contributed by atoms with van der Waals surface area (Å²) in [5, 5.41) is 12.5. The lowest BCUT2D eigenvalue weighted by Crippen LogP contribution is -2.55. The molecule has 0 radical (unpaired) electrons. The zero-order valence-electron chi connectivity index (χ0n) is 13.7. The van der Waals surface area contributed by atoms with Gasteiger partial charge in [0.15, 0.2) is 0 Å². The van der Waals surface area contributed by atoms with Crippen molar-refractivity contribution < 1.29 is 9.90 Å². The zero-order valence-corrected chi connectivity index (χ0v) is 14.5. The van der Waals surface area contributed by atoms with Gasteiger partial charge in [0.25, 0.3) is 0 Å². The molecule has 2 aliphatic rings. The largest absolute Gasteiger partial charge is 0.389 e. The lowest BCUT2D eigenvalue weighted by molar-refractivity contribution is -0.143. The van der Waals surface area contributed by atoms with Crippen LogP contribution < -0.4 is 0 Å². The van der Waals surface area contributed by atoms with Gasteiger partial charge >= 0.3 is 0 Å². The summed E-state index contributed by atoms with van der Waals surface area (Å²) in [6.45, 7) is 1.68. The summed E-state index contributed by atoms with van der Waals surface area (Å²) in [5.41, 5.74) is 0.449. The highest BCUT2D eigenvalue weighted by atomic mass is 35.5. The smallest absolute Gasteiger partial charge is 0.242 e. The number of benzene rings is 1. The van der Waals surface area contributed by atoms with Crippen molar-refractivity contribution in [2.75, 3.05) is 13.1 Å². The Morgan fingerprint density at radius 3 is 3.04 bits per heavy atom. The Morgan fingerprint density at radius 2 is 2.17 bits per heavy atom. The first-order valence-electron chi connectivity index (χ1n) is 8.80. The van der Waals surface area contributed by atoms with Gasteiger partial charge in [-0.2, -0.15) is 0 Å². The maximum atomic E-state index is 12.8. The van der Waals surface area contributed by atoms with Crippen LogP contribution in [0.25, 0.3) is 10.9 Å². The van der Waals surface area contributed by atoms with E-state index in [1.807, 2.05) is 39.9 Å². The lowest BCUT2D eigenvalue weighted by atomic mass is 9.71. The molecule has 1 aromatic heterocycles. The topological polar surface area (TPSA) is 45.5 Å². The Morgan fingerprint density at radius 1 is 1.29 bits per heavy atom. The van der Waals surface area contributed by atoms with E-state index in [0.717, 1.165) is 36.6 Å². The summed E-state index contributed by atoms with van der Waals surface area (Å²) in [6.07, 6.45) is 6.83. The number of piperidine rings is 1. The van der Waals surface area contributed by atoms with Gasteiger partial charge in [0.2, 0.25) is 5.91 Å². The Kier molecular flexibility index (Phi) is 4.05. The van der Waals surface area contributed by atoms with Crippen molar-refractivity contribution in [3.05, 3.63) is 35.5 Å². The van der Waals surface area contributed by atoms with E-state index in [1.54, 1.807) is 0 Å². The van der Waals surface area contributed by atoms with E-state index in [-0.39, 0.29) is 11.8 Å². The third-order valence-electron chi connectivity index (χ3n) is 5.85. The molecule has 0 unspecified atom stereocenters. The van der Waals surface area contributed by atoms with Gasteiger partial charge in [0.1, 0.15) is 6.54 Å². The molecule has 128 valence electrons. The molecule has 1 saturated carbocycles. The average Bonchev–Trinajstić information content (AvgIpc) is 2.98. The number of aliphatic hydroxyl groups is 1. The van der Waals surface area contributed by atoms with Crippen molar-refractivity contribution in [3.8, 4) is 0 Å². The number of rotatable bonds is 2. The predicted octanol–water partition coefficient (Wildman–Crippen LogP) is 3.45. The van der Waals surface area contributed by atoms with Crippen molar-refractivity contribution in [1.29, 1.82) is 0 Å². The van der Waals surface area contributed by atoms with E-state index < -0.39 is 5.60 Å². The minimum atomic E-state index is -0.539. The molecule has 1 aromatic carbocycles. The van der Waals surface area contributed by atoms with E-state index in [2.05, 4.69) is 0 Å². The quantitative estimate of drug-likeness (QED) is 0.905. The predicted molar refractivity (Wildman–Crippen MR) is 95.1 cm³/mol. The summed E-state index contributed by atoms with van der Waals surface area (Å²) in [4.78, 5) is 14.7. The highest BCUT2D eigenvalue weighted by Gasteiger charge is 2.43. The minimum absolute atomic E-state index is 0.125. The van der Waals surface area contributed by atoms with Crippen LogP contribution in [0.2, 0.25) is 5.02 Å². The summed E-state index contributed by atoms with van der Waals surface area (Å²) in [6, 6.07) is 7.73. The lowest BCUT2D eigenvalue weighted by Gasteiger charge is -2.47. The second-order valence-electron chi connectivity index (χ2n) is 7.25. The van der Waals surface area contributed by atoms with E-state index in [1.165, 1.54) is 0 Å². The number of hydrogen-bond donors (Lipinski definition) is 1. The van der Waals surface area contributed by atoms with Crippen LogP contribution in [0.4, 0.5) is 0 Å². The molecule has 1 amide bonds. The molecule has 2 fully saturated rings. The fourth-order valence-corrected chi connectivity index (χ4v) is 4.60. The van der Waals surface area contributed by atoms with Gasteiger partial charge in [-0.1, -0.05) is 30.5 Å². The number of halogens is 1. The molecule has 24 heavy (non-hydrogen) atoms. The minimum Gasteiger partial charge on any atom is -0.389 e. The molecule has 1 aliphatic heterocycles. The van der Waals surface area contributed by atoms with Gasteiger partial charge in [-0.3, -0.25) is 4.79 Å². The fourth-order valence-electron chi connectivity index (χ4n) is 4.37. The van der Waals surface area contributed by atoms with Crippen LogP contribution >= 0.6 is 11.6 Å². The van der Waals surface area contributed by atoms with Crippen molar-refractivity contribution in [2.45, 2.75) is 44.2 Å². The third kappa shape index (κ3) is 2.72. The van der Waals surface area contributed by atoms with Crippen LogP contribution in [0.15, 0.2) is 30.5 Å². The van der Waals surface area contributed by atoms with Crippen LogP contribution in [-0.4, -0.2) is 39.2 Å². The number of amides is 1. The molecule has 2 heterocycles.